The van der Waals surface area contributed by atoms with Gasteiger partial charge in [-0.2, -0.15) is 0 Å². The van der Waals surface area contributed by atoms with E-state index in [1.807, 2.05) is 0 Å². The molecule has 1 atom stereocenters. The Labute approximate surface area is 123 Å². The molecule has 0 aliphatic carbocycles. The van der Waals surface area contributed by atoms with Crippen LogP contribution in [0.2, 0.25) is 5.02 Å². The summed E-state index contributed by atoms with van der Waals surface area (Å²) >= 11 is 8.93. The summed E-state index contributed by atoms with van der Waals surface area (Å²) < 4.78 is 26.8. The molecule has 0 fully saturated rings. The molecule has 2 rings (SSSR count). The van der Waals surface area contributed by atoms with Crippen molar-refractivity contribution in [1.29, 1.82) is 0 Å². The molecule has 1 nitrogen and oxygen atoms in total. The van der Waals surface area contributed by atoms with Gasteiger partial charge in [-0.1, -0.05) is 33.6 Å². The van der Waals surface area contributed by atoms with E-state index in [9.17, 15) is 13.9 Å². The molecular formula is C14H10BrClF2O. The maximum Gasteiger partial charge on any atom is 0.141 e. The first-order valence-electron chi connectivity index (χ1n) is 5.54. The summed E-state index contributed by atoms with van der Waals surface area (Å²) in [6, 6.07) is 8.33. The Hall–Kier alpha value is -0.970. The fraction of sp³-hybridized carbons (Fsp3) is 0.143. The molecule has 0 aliphatic heterocycles. The van der Waals surface area contributed by atoms with E-state index in [1.54, 1.807) is 0 Å². The van der Waals surface area contributed by atoms with Crippen LogP contribution in [0.25, 0.3) is 0 Å². The third-order valence-corrected chi connectivity index (χ3v) is 3.74. The summed E-state index contributed by atoms with van der Waals surface area (Å²) in [4.78, 5) is 0. The van der Waals surface area contributed by atoms with E-state index < -0.39 is 17.7 Å². The second kappa shape index (κ2) is 5.99. The van der Waals surface area contributed by atoms with Crippen molar-refractivity contribution in [1.82, 2.24) is 0 Å². The molecular weight excluding hydrogens is 338 g/mol. The van der Waals surface area contributed by atoms with Gasteiger partial charge in [-0.05, 0) is 41.5 Å². The SMILES string of the molecule is OC(Cc1ccc(F)c(Cl)c1)c1cc(F)ccc1Br. The summed E-state index contributed by atoms with van der Waals surface area (Å²) in [6.07, 6.45) is -0.672. The van der Waals surface area contributed by atoms with Gasteiger partial charge in [0.2, 0.25) is 0 Å². The minimum atomic E-state index is -0.897. The van der Waals surface area contributed by atoms with Gasteiger partial charge in [0.15, 0.2) is 0 Å². The Morgan fingerprint density at radius 2 is 1.89 bits per heavy atom. The van der Waals surface area contributed by atoms with Gasteiger partial charge in [-0.15, -0.1) is 0 Å². The van der Waals surface area contributed by atoms with Crippen molar-refractivity contribution in [2.45, 2.75) is 12.5 Å². The Bertz CT molecular complexity index is 604. The van der Waals surface area contributed by atoms with Gasteiger partial charge in [0.25, 0.3) is 0 Å². The summed E-state index contributed by atoms with van der Waals surface area (Å²) in [5.74, 6) is -0.929. The van der Waals surface area contributed by atoms with Gasteiger partial charge in [0.1, 0.15) is 11.6 Å². The van der Waals surface area contributed by atoms with Gasteiger partial charge in [0, 0.05) is 10.9 Å². The average Bonchev–Trinajstić information content (AvgIpc) is 2.36. The minimum Gasteiger partial charge on any atom is -0.388 e. The van der Waals surface area contributed by atoms with Crippen LogP contribution >= 0.6 is 27.5 Å². The summed E-state index contributed by atoms with van der Waals surface area (Å²) in [5.41, 5.74) is 1.12. The standard InChI is InChI=1S/C14H10BrClF2O/c15-11-3-2-9(17)7-10(11)14(19)6-8-1-4-13(18)12(16)5-8/h1-5,7,14,19H,6H2. The Balaban J connectivity index is 2.22. The van der Waals surface area contributed by atoms with Crippen molar-refractivity contribution in [2.75, 3.05) is 0 Å². The Morgan fingerprint density at radius 1 is 1.16 bits per heavy atom. The first kappa shape index (κ1) is 14.4. The van der Waals surface area contributed by atoms with Gasteiger partial charge < -0.3 is 5.11 Å². The largest absolute Gasteiger partial charge is 0.388 e. The highest BCUT2D eigenvalue weighted by molar-refractivity contribution is 9.10. The molecule has 1 N–H and O–H groups in total. The van der Waals surface area contributed by atoms with E-state index >= 15 is 0 Å². The van der Waals surface area contributed by atoms with Crippen molar-refractivity contribution >= 4 is 27.5 Å². The van der Waals surface area contributed by atoms with E-state index in [4.69, 9.17) is 11.6 Å². The highest BCUT2D eigenvalue weighted by Crippen LogP contribution is 2.28. The van der Waals surface area contributed by atoms with Gasteiger partial charge in [-0.3, -0.25) is 0 Å². The second-order valence-electron chi connectivity index (χ2n) is 4.13. The Morgan fingerprint density at radius 3 is 2.58 bits per heavy atom. The fourth-order valence-electron chi connectivity index (χ4n) is 1.77. The zero-order valence-electron chi connectivity index (χ0n) is 9.71. The lowest BCUT2D eigenvalue weighted by molar-refractivity contribution is 0.177. The van der Waals surface area contributed by atoms with Crippen molar-refractivity contribution < 1.29 is 13.9 Å². The number of benzene rings is 2. The van der Waals surface area contributed by atoms with E-state index in [1.165, 1.54) is 36.4 Å². The summed E-state index contributed by atoms with van der Waals surface area (Å²) in [7, 11) is 0. The van der Waals surface area contributed by atoms with Crippen LogP contribution in [0.5, 0.6) is 0 Å². The van der Waals surface area contributed by atoms with Crippen LogP contribution in [-0.2, 0) is 6.42 Å². The molecule has 0 bridgehead atoms. The number of aliphatic hydroxyl groups is 1. The van der Waals surface area contributed by atoms with Crippen molar-refractivity contribution in [3.05, 3.63) is 68.7 Å². The molecule has 0 heterocycles. The zero-order valence-corrected chi connectivity index (χ0v) is 12.0. The fourth-order valence-corrected chi connectivity index (χ4v) is 2.48. The molecule has 19 heavy (non-hydrogen) atoms. The smallest absolute Gasteiger partial charge is 0.141 e. The predicted molar refractivity (Wildman–Crippen MR) is 74.2 cm³/mol. The lowest BCUT2D eigenvalue weighted by Gasteiger charge is -2.13. The van der Waals surface area contributed by atoms with E-state index in [2.05, 4.69) is 15.9 Å². The second-order valence-corrected chi connectivity index (χ2v) is 5.40. The van der Waals surface area contributed by atoms with Crippen LogP contribution in [0.3, 0.4) is 0 Å². The van der Waals surface area contributed by atoms with Crippen LogP contribution < -0.4 is 0 Å². The van der Waals surface area contributed by atoms with Crippen LogP contribution in [0.4, 0.5) is 8.78 Å². The minimum absolute atomic E-state index is 0.00279. The van der Waals surface area contributed by atoms with Gasteiger partial charge in [-0.25, -0.2) is 8.78 Å². The maximum absolute atomic E-state index is 13.2. The van der Waals surface area contributed by atoms with E-state index in [-0.39, 0.29) is 11.4 Å². The molecule has 1 unspecified atom stereocenters. The first-order chi connectivity index (χ1) is 8.97. The third-order valence-electron chi connectivity index (χ3n) is 2.73. The number of aliphatic hydroxyl groups excluding tert-OH is 1. The molecule has 0 radical (unpaired) electrons. The van der Waals surface area contributed by atoms with Crippen molar-refractivity contribution in [3.63, 3.8) is 0 Å². The quantitative estimate of drug-likeness (QED) is 0.856. The third kappa shape index (κ3) is 3.53. The number of hydrogen-bond acceptors (Lipinski definition) is 1. The van der Waals surface area contributed by atoms with Crippen molar-refractivity contribution in [3.8, 4) is 0 Å². The molecule has 100 valence electrons. The summed E-state index contributed by atoms with van der Waals surface area (Å²) in [6.45, 7) is 0. The van der Waals surface area contributed by atoms with E-state index in [0.717, 1.165) is 0 Å². The van der Waals surface area contributed by atoms with Gasteiger partial charge >= 0.3 is 0 Å². The molecule has 0 spiro atoms. The monoisotopic (exact) mass is 346 g/mol. The van der Waals surface area contributed by atoms with Crippen LogP contribution in [-0.4, -0.2) is 5.11 Å². The molecule has 0 saturated carbocycles. The Kier molecular flexibility index (Phi) is 4.55. The summed E-state index contributed by atoms with van der Waals surface area (Å²) in [5, 5.41) is 10.1. The average molecular weight is 348 g/mol. The highest BCUT2D eigenvalue weighted by atomic mass is 79.9. The predicted octanol–water partition coefficient (Wildman–Crippen LogP) is 4.66. The number of rotatable bonds is 3. The van der Waals surface area contributed by atoms with Crippen LogP contribution in [0, 0.1) is 11.6 Å². The van der Waals surface area contributed by atoms with Gasteiger partial charge in [0.05, 0.1) is 11.1 Å². The molecule has 0 aliphatic rings. The number of halogens is 4. The molecule has 2 aromatic rings. The lowest BCUT2D eigenvalue weighted by Crippen LogP contribution is -2.03. The first-order valence-corrected chi connectivity index (χ1v) is 6.71. The lowest BCUT2D eigenvalue weighted by atomic mass is 10.0. The van der Waals surface area contributed by atoms with Crippen LogP contribution in [0.1, 0.15) is 17.2 Å². The van der Waals surface area contributed by atoms with Crippen LogP contribution in [0.15, 0.2) is 40.9 Å². The maximum atomic E-state index is 13.2. The zero-order chi connectivity index (χ0) is 14.0. The normalized spacial score (nSPS) is 12.5. The number of hydrogen-bond donors (Lipinski definition) is 1. The van der Waals surface area contributed by atoms with E-state index in [0.29, 0.717) is 15.6 Å². The topological polar surface area (TPSA) is 20.2 Å². The molecule has 0 aromatic heterocycles. The molecule has 0 saturated heterocycles. The molecule has 5 heteroatoms. The highest BCUT2D eigenvalue weighted by Gasteiger charge is 2.14. The molecule has 0 amide bonds. The molecule has 2 aromatic carbocycles. The van der Waals surface area contributed by atoms with Crippen molar-refractivity contribution in [2.24, 2.45) is 0 Å².